The molecule has 0 atom stereocenters. The SMILES string of the molecule is Cc1ccc(COc2cc3n(n2)CCN(c2ccc(F)cc2)C3=O)cc1. The Balaban J connectivity index is 1.49. The van der Waals surface area contributed by atoms with Gasteiger partial charge in [0.2, 0.25) is 5.88 Å². The molecular formula is C20H18FN3O2. The maximum atomic E-state index is 13.1. The van der Waals surface area contributed by atoms with Gasteiger partial charge in [-0.15, -0.1) is 5.10 Å². The van der Waals surface area contributed by atoms with Gasteiger partial charge in [-0.2, -0.15) is 0 Å². The molecule has 1 aliphatic rings. The predicted molar refractivity (Wildman–Crippen MR) is 95.8 cm³/mol. The molecule has 0 fully saturated rings. The standard InChI is InChI=1S/C20H18FN3O2/c1-14-2-4-15(5-3-14)13-26-19-12-18-20(25)23(10-11-24(18)22-19)17-8-6-16(21)7-9-17/h2-9,12H,10-11,13H2,1H3. The topological polar surface area (TPSA) is 47.4 Å². The van der Waals surface area contributed by atoms with Crippen LogP contribution >= 0.6 is 0 Å². The van der Waals surface area contributed by atoms with Crippen molar-refractivity contribution < 1.29 is 13.9 Å². The Morgan fingerprint density at radius 1 is 1.08 bits per heavy atom. The zero-order valence-corrected chi connectivity index (χ0v) is 14.4. The van der Waals surface area contributed by atoms with E-state index in [1.54, 1.807) is 27.8 Å². The minimum absolute atomic E-state index is 0.166. The Labute approximate surface area is 150 Å². The van der Waals surface area contributed by atoms with Crippen LogP contribution in [-0.2, 0) is 13.2 Å². The van der Waals surface area contributed by atoms with Crippen molar-refractivity contribution >= 4 is 11.6 Å². The van der Waals surface area contributed by atoms with E-state index >= 15 is 0 Å². The number of rotatable bonds is 4. The summed E-state index contributed by atoms with van der Waals surface area (Å²) in [6, 6.07) is 15.6. The molecule has 6 heteroatoms. The molecule has 0 aliphatic carbocycles. The molecule has 5 nitrogen and oxygen atoms in total. The second-order valence-electron chi connectivity index (χ2n) is 6.30. The Morgan fingerprint density at radius 2 is 1.81 bits per heavy atom. The fourth-order valence-electron chi connectivity index (χ4n) is 2.95. The third-order valence-corrected chi connectivity index (χ3v) is 4.40. The number of ether oxygens (including phenoxy) is 1. The molecule has 0 saturated heterocycles. The summed E-state index contributed by atoms with van der Waals surface area (Å²) in [7, 11) is 0. The summed E-state index contributed by atoms with van der Waals surface area (Å²) < 4.78 is 20.5. The van der Waals surface area contributed by atoms with Crippen LogP contribution < -0.4 is 9.64 Å². The average Bonchev–Trinajstić information content (AvgIpc) is 3.07. The van der Waals surface area contributed by atoms with Crippen molar-refractivity contribution in [3.63, 3.8) is 0 Å². The zero-order valence-electron chi connectivity index (χ0n) is 14.4. The van der Waals surface area contributed by atoms with E-state index in [4.69, 9.17) is 4.74 Å². The van der Waals surface area contributed by atoms with E-state index < -0.39 is 0 Å². The number of carbonyl (C=O) groups is 1. The van der Waals surface area contributed by atoms with Crippen molar-refractivity contribution in [2.24, 2.45) is 0 Å². The normalized spacial score (nSPS) is 13.6. The molecular weight excluding hydrogens is 333 g/mol. The second kappa shape index (κ2) is 6.63. The highest BCUT2D eigenvalue weighted by Crippen LogP contribution is 2.24. The second-order valence-corrected chi connectivity index (χ2v) is 6.30. The molecule has 0 bridgehead atoms. The molecule has 1 aliphatic heterocycles. The summed E-state index contributed by atoms with van der Waals surface area (Å²) in [5.74, 6) is -0.0644. The van der Waals surface area contributed by atoms with E-state index in [0.29, 0.717) is 37.0 Å². The number of amides is 1. The van der Waals surface area contributed by atoms with Crippen molar-refractivity contribution in [2.45, 2.75) is 20.1 Å². The minimum Gasteiger partial charge on any atom is -0.472 e. The van der Waals surface area contributed by atoms with Crippen LogP contribution in [-0.4, -0.2) is 22.2 Å². The lowest BCUT2D eigenvalue weighted by Crippen LogP contribution is -2.40. The third kappa shape index (κ3) is 3.18. The summed E-state index contributed by atoms with van der Waals surface area (Å²) in [4.78, 5) is 14.4. The molecule has 0 radical (unpaired) electrons. The molecule has 132 valence electrons. The molecule has 1 aromatic heterocycles. The molecule has 1 amide bonds. The van der Waals surface area contributed by atoms with E-state index in [1.807, 2.05) is 31.2 Å². The van der Waals surface area contributed by atoms with E-state index in [1.165, 1.54) is 17.7 Å². The largest absolute Gasteiger partial charge is 0.472 e. The van der Waals surface area contributed by atoms with Gasteiger partial charge in [0, 0.05) is 18.3 Å². The van der Waals surface area contributed by atoms with Crippen LogP contribution in [0.5, 0.6) is 5.88 Å². The highest BCUT2D eigenvalue weighted by molar-refractivity contribution is 6.05. The number of benzene rings is 2. The summed E-state index contributed by atoms with van der Waals surface area (Å²) in [6.07, 6.45) is 0. The first-order valence-corrected chi connectivity index (χ1v) is 8.44. The van der Waals surface area contributed by atoms with Crippen LogP contribution in [0.15, 0.2) is 54.6 Å². The molecule has 0 unspecified atom stereocenters. The molecule has 0 N–H and O–H groups in total. The Morgan fingerprint density at radius 3 is 2.54 bits per heavy atom. The van der Waals surface area contributed by atoms with Crippen molar-refractivity contribution in [3.05, 3.63) is 77.2 Å². The fraction of sp³-hybridized carbons (Fsp3) is 0.200. The van der Waals surface area contributed by atoms with Crippen molar-refractivity contribution in [1.29, 1.82) is 0 Å². The lowest BCUT2D eigenvalue weighted by Gasteiger charge is -2.27. The number of carbonyl (C=O) groups excluding carboxylic acids is 1. The molecule has 2 heterocycles. The number of aryl methyl sites for hydroxylation is 1. The lowest BCUT2D eigenvalue weighted by atomic mass is 10.2. The Hall–Kier alpha value is -3.15. The van der Waals surface area contributed by atoms with Gasteiger partial charge in [-0.1, -0.05) is 29.8 Å². The van der Waals surface area contributed by atoms with E-state index in [0.717, 1.165) is 5.56 Å². The lowest BCUT2D eigenvalue weighted by molar-refractivity contribution is 0.0962. The number of anilines is 1. The van der Waals surface area contributed by atoms with Crippen LogP contribution in [0.2, 0.25) is 0 Å². The van der Waals surface area contributed by atoms with Gasteiger partial charge in [0.1, 0.15) is 18.1 Å². The monoisotopic (exact) mass is 351 g/mol. The third-order valence-electron chi connectivity index (χ3n) is 4.40. The molecule has 0 saturated carbocycles. The summed E-state index contributed by atoms with van der Waals surface area (Å²) >= 11 is 0. The van der Waals surface area contributed by atoms with Crippen LogP contribution in [0.1, 0.15) is 21.6 Å². The van der Waals surface area contributed by atoms with E-state index in [-0.39, 0.29) is 11.7 Å². The number of hydrogen-bond donors (Lipinski definition) is 0. The van der Waals surface area contributed by atoms with Gasteiger partial charge in [-0.25, -0.2) is 4.39 Å². The number of hydrogen-bond acceptors (Lipinski definition) is 3. The van der Waals surface area contributed by atoms with Crippen molar-refractivity contribution in [3.8, 4) is 5.88 Å². The summed E-state index contributed by atoms with van der Waals surface area (Å²) in [5.41, 5.74) is 3.38. The minimum atomic E-state index is -0.324. The summed E-state index contributed by atoms with van der Waals surface area (Å²) in [5, 5.41) is 4.36. The van der Waals surface area contributed by atoms with Gasteiger partial charge in [-0.05, 0) is 36.8 Å². The van der Waals surface area contributed by atoms with Gasteiger partial charge < -0.3 is 9.64 Å². The first-order chi connectivity index (χ1) is 12.6. The predicted octanol–water partition coefficient (Wildman–Crippen LogP) is 3.57. The molecule has 3 aromatic rings. The van der Waals surface area contributed by atoms with Gasteiger partial charge in [0.25, 0.3) is 5.91 Å². The first-order valence-electron chi connectivity index (χ1n) is 8.44. The number of nitrogens with zero attached hydrogens (tertiary/aromatic N) is 3. The van der Waals surface area contributed by atoms with Crippen LogP contribution in [0.25, 0.3) is 0 Å². The first kappa shape index (κ1) is 16.3. The molecule has 0 spiro atoms. The quantitative estimate of drug-likeness (QED) is 0.722. The fourth-order valence-corrected chi connectivity index (χ4v) is 2.95. The maximum Gasteiger partial charge on any atom is 0.276 e. The smallest absolute Gasteiger partial charge is 0.276 e. The number of fused-ring (bicyclic) bond motifs is 1. The number of aromatic nitrogens is 2. The summed E-state index contributed by atoms with van der Waals surface area (Å²) in [6.45, 7) is 3.47. The van der Waals surface area contributed by atoms with Crippen molar-refractivity contribution in [2.75, 3.05) is 11.4 Å². The van der Waals surface area contributed by atoms with E-state index in [9.17, 15) is 9.18 Å². The molecule has 2 aromatic carbocycles. The molecule has 26 heavy (non-hydrogen) atoms. The van der Waals surface area contributed by atoms with Gasteiger partial charge in [0.05, 0.1) is 6.54 Å². The highest BCUT2D eigenvalue weighted by Gasteiger charge is 2.28. The average molecular weight is 351 g/mol. The Bertz CT molecular complexity index is 933. The zero-order chi connectivity index (χ0) is 18.1. The van der Waals surface area contributed by atoms with E-state index in [2.05, 4.69) is 5.10 Å². The molecule has 4 rings (SSSR count). The Kier molecular flexibility index (Phi) is 4.16. The van der Waals surface area contributed by atoms with Crippen LogP contribution in [0.3, 0.4) is 0 Å². The van der Waals surface area contributed by atoms with Crippen molar-refractivity contribution in [1.82, 2.24) is 9.78 Å². The number of halogens is 1. The van der Waals surface area contributed by atoms with Gasteiger partial charge >= 0.3 is 0 Å². The van der Waals surface area contributed by atoms with Crippen LogP contribution in [0, 0.1) is 12.7 Å². The van der Waals surface area contributed by atoms with Gasteiger partial charge in [0.15, 0.2) is 0 Å². The maximum absolute atomic E-state index is 13.1. The highest BCUT2D eigenvalue weighted by atomic mass is 19.1. The van der Waals surface area contributed by atoms with Gasteiger partial charge in [-0.3, -0.25) is 9.48 Å². The van der Waals surface area contributed by atoms with Crippen LogP contribution in [0.4, 0.5) is 10.1 Å².